The molecular weight excluding hydrogens is 264 g/mol. The molecule has 1 amide bonds. The van der Waals surface area contributed by atoms with Gasteiger partial charge in [-0.05, 0) is 31.0 Å². The van der Waals surface area contributed by atoms with Gasteiger partial charge in [0.2, 0.25) is 15.9 Å². The van der Waals surface area contributed by atoms with E-state index >= 15 is 0 Å². The van der Waals surface area contributed by atoms with Crippen molar-refractivity contribution in [2.75, 3.05) is 13.1 Å². The van der Waals surface area contributed by atoms with Crippen LogP contribution in [0.5, 0.6) is 0 Å². The quantitative estimate of drug-likeness (QED) is 0.908. The lowest BCUT2D eigenvalue weighted by Gasteiger charge is -2.20. The lowest BCUT2D eigenvalue weighted by molar-refractivity contribution is 0.1000. The summed E-state index contributed by atoms with van der Waals surface area (Å²) in [5, 5.41) is 0. The third-order valence-electron chi connectivity index (χ3n) is 3.32. The van der Waals surface area contributed by atoms with Crippen LogP contribution >= 0.6 is 0 Å². The fourth-order valence-electron chi connectivity index (χ4n) is 2.24. The number of amides is 1. The van der Waals surface area contributed by atoms with Crippen molar-refractivity contribution in [2.45, 2.75) is 30.6 Å². The van der Waals surface area contributed by atoms with Gasteiger partial charge in [0, 0.05) is 18.7 Å². The third kappa shape index (κ3) is 3.13. The van der Waals surface area contributed by atoms with Crippen LogP contribution < -0.4 is 5.73 Å². The molecule has 5 nitrogen and oxygen atoms in total. The second-order valence-corrected chi connectivity index (χ2v) is 6.65. The van der Waals surface area contributed by atoms with Gasteiger partial charge in [-0.3, -0.25) is 4.79 Å². The first kappa shape index (κ1) is 14.0. The smallest absolute Gasteiger partial charge is 0.248 e. The standard InChI is InChI=1S/C13H18N2O3S/c14-13(16)11-6-5-7-12(10-11)19(17,18)15-8-3-1-2-4-9-15/h5-7,10H,1-4,8-9H2,(H2,14,16). The minimum absolute atomic E-state index is 0.144. The second-order valence-electron chi connectivity index (χ2n) is 4.71. The zero-order valence-corrected chi connectivity index (χ0v) is 11.5. The summed E-state index contributed by atoms with van der Waals surface area (Å²) in [5.41, 5.74) is 5.40. The number of hydrogen-bond acceptors (Lipinski definition) is 3. The van der Waals surface area contributed by atoms with Gasteiger partial charge in [0.15, 0.2) is 0 Å². The molecule has 0 spiro atoms. The Bertz CT molecular complexity index is 561. The molecule has 6 heteroatoms. The van der Waals surface area contributed by atoms with E-state index in [-0.39, 0.29) is 10.5 Å². The molecule has 1 heterocycles. The molecular formula is C13H18N2O3S. The van der Waals surface area contributed by atoms with E-state index in [9.17, 15) is 13.2 Å². The molecule has 0 radical (unpaired) electrons. The number of nitrogens with zero attached hydrogens (tertiary/aromatic N) is 1. The number of carbonyl (C=O) groups excluding carboxylic acids is 1. The van der Waals surface area contributed by atoms with Gasteiger partial charge in [-0.15, -0.1) is 0 Å². The van der Waals surface area contributed by atoms with Crippen LogP contribution in [0.3, 0.4) is 0 Å². The van der Waals surface area contributed by atoms with E-state index in [0.717, 1.165) is 25.7 Å². The van der Waals surface area contributed by atoms with Crippen LogP contribution in [0, 0.1) is 0 Å². The minimum atomic E-state index is -3.52. The molecule has 0 aliphatic carbocycles. The van der Waals surface area contributed by atoms with Crippen LogP contribution in [0.15, 0.2) is 29.2 Å². The Labute approximate surface area is 113 Å². The van der Waals surface area contributed by atoms with Crippen LogP contribution in [-0.2, 0) is 10.0 Å². The Morgan fingerprint density at radius 3 is 2.32 bits per heavy atom. The highest BCUT2D eigenvalue weighted by atomic mass is 32.2. The van der Waals surface area contributed by atoms with Crippen LogP contribution in [0.1, 0.15) is 36.0 Å². The highest BCUT2D eigenvalue weighted by Crippen LogP contribution is 2.20. The van der Waals surface area contributed by atoms with Crippen molar-refractivity contribution in [1.82, 2.24) is 4.31 Å². The molecule has 0 bridgehead atoms. The topological polar surface area (TPSA) is 80.5 Å². The zero-order chi connectivity index (χ0) is 13.9. The molecule has 1 aliphatic heterocycles. The molecule has 1 fully saturated rings. The normalized spacial score (nSPS) is 17.9. The molecule has 2 N–H and O–H groups in total. The Morgan fingerprint density at radius 1 is 1.11 bits per heavy atom. The summed E-state index contributed by atoms with van der Waals surface area (Å²) in [5.74, 6) is -0.618. The molecule has 2 rings (SSSR count). The molecule has 19 heavy (non-hydrogen) atoms. The summed E-state index contributed by atoms with van der Waals surface area (Å²) in [4.78, 5) is 11.3. The monoisotopic (exact) mass is 282 g/mol. The molecule has 0 aromatic heterocycles. The molecule has 0 atom stereocenters. The molecule has 0 saturated carbocycles. The molecule has 1 aromatic carbocycles. The summed E-state index contributed by atoms with van der Waals surface area (Å²) >= 11 is 0. The number of primary amides is 1. The van der Waals surface area contributed by atoms with E-state index in [0.29, 0.717) is 13.1 Å². The van der Waals surface area contributed by atoms with Crippen LogP contribution in [-0.4, -0.2) is 31.7 Å². The van der Waals surface area contributed by atoms with Gasteiger partial charge < -0.3 is 5.73 Å². The fourth-order valence-corrected chi connectivity index (χ4v) is 3.80. The van der Waals surface area contributed by atoms with Crippen LogP contribution in [0.2, 0.25) is 0 Å². The van der Waals surface area contributed by atoms with E-state index in [1.165, 1.54) is 22.5 Å². The van der Waals surface area contributed by atoms with Crippen molar-refractivity contribution in [1.29, 1.82) is 0 Å². The Morgan fingerprint density at radius 2 is 1.74 bits per heavy atom. The number of hydrogen-bond donors (Lipinski definition) is 1. The van der Waals surface area contributed by atoms with Gasteiger partial charge >= 0.3 is 0 Å². The Balaban J connectivity index is 2.32. The van der Waals surface area contributed by atoms with E-state index < -0.39 is 15.9 Å². The largest absolute Gasteiger partial charge is 0.366 e. The lowest BCUT2D eigenvalue weighted by Crippen LogP contribution is -2.32. The Hall–Kier alpha value is -1.40. The van der Waals surface area contributed by atoms with Gasteiger partial charge in [-0.1, -0.05) is 18.9 Å². The molecule has 1 saturated heterocycles. The maximum atomic E-state index is 12.5. The highest BCUT2D eigenvalue weighted by Gasteiger charge is 2.25. The van der Waals surface area contributed by atoms with Crippen molar-refractivity contribution in [3.63, 3.8) is 0 Å². The van der Waals surface area contributed by atoms with Crippen LogP contribution in [0.4, 0.5) is 0 Å². The summed E-state index contributed by atoms with van der Waals surface area (Å²) in [7, 11) is -3.52. The summed E-state index contributed by atoms with van der Waals surface area (Å²) in [6.45, 7) is 1.09. The van der Waals surface area contributed by atoms with E-state index in [4.69, 9.17) is 5.73 Å². The van der Waals surface area contributed by atoms with Crippen molar-refractivity contribution in [3.05, 3.63) is 29.8 Å². The van der Waals surface area contributed by atoms with Crippen molar-refractivity contribution < 1.29 is 13.2 Å². The molecule has 1 aliphatic rings. The molecule has 0 unspecified atom stereocenters. The SMILES string of the molecule is NC(=O)c1cccc(S(=O)(=O)N2CCCCCC2)c1. The summed E-state index contributed by atoms with van der Waals surface area (Å²) < 4.78 is 26.5. The van der Waals surface area contributed by atoms with Gasteiger partial charge in [-0.2, -0.15) is 4.31 Å². The zero-order valence-electron chi connectivity index (χ0n) is 10.7. The number of carbonyl (C=O) groups is 1. The van der Waals surface area contributed by atoms with Gasteiger partial charge in [0.1, 0.15) is 0 Å². The van der Waals surface area contributed by atoms with Gasteiger partial charge in [0.05, 0.1) is 4.90 Å². The maximum absolute atomic E-state index is 12.5. The average Bonchev–Trinajstić information content (AvgIpc) is 2.68. The first-order chi connectivity index (χ1) is 9.01. The fraction of sp³-hybridized carbons (Fsp3) is 0.462. The number of nitrogens with two attached hydrogens (primary N) is 1. The van der Waals surface area contributed by atoms with Crippen molar-refractivity contribution in [2.24, 2.45) is 5.73 Å². The van der Waals surface area contributed by atoms with Crippen molar-refractivity contribution >= 4 is 15.9 Å². The van der Waals surface area contributed by atoms with E-state index in [1.54, 1.807) is 6.07 Å². The van der Waals surface area contributed by atoms with Gasteiger partial charge in [-0.25, -0.2) is 8.42 Å². The number of benzene rings is 1. The first-order valence-electron chi connectivity index (χ1n) is 6.42. The molecule has 104 valence electrons. The summed E-state index contributed by atoms with van der Waals surface area (Å²) in [6.07, 6.45) is 3.89. The second kappa shape index (κ2) is 5.71. The first-order valence-corrected chi connectivity index (χ1v) is 7.86. The maximum Gasteiger partial charge on any atom is 0.248 e. The number of sulfonamides is 1. The molecule has 1 aromatic rings. The highest BCUT2D eigenvalue weighted by molar-refractivity contribution is 7.89. The predicted molar refractivity (Wildman–Crippen MR) is 72.2 cm³/mol. The predicted octanol–water partition coefficient (Wildman–Crippen LogP) is 1.35. The average molecular weight is 282 g/mol. The van der Waals surface area contributed by atoms with Crippen molar-refractivity contribution in [3.8, 4) is 0 Å². The lowest BCUT2D eigenvalue weighted by atomic mass is 10.2. The van der Waals surface area contributed by atoms with E-state index in [1.807, 2.05) is 0 Å². The van der Waals surface area contributed by atoms with Crippen LogP contribution in [0.25, 0.3) is 0 Å². The van der Waals surface area contributed by atoms with E-state index in [2.05, 4.69) is 0 Å². The third-order valence-corrected chi connectivity index (χ3v) is 5.22. The number of rotatable bonds is 3. The van der Waals surface area contributed by atoms with Gasteiger partial charge in [0.25, 0.3) is 0 Å². The Kier molecular flexibility index (Phi) is 4.21. The summed E-state index contributed by atoms with van der Waals surface area (Å²) in [6, 6.07) is 5.92. The minimum Gasteiger partial charge on any atom is -0.366 e.